The van der Waals surface area contributed by atoms with Crippen LogP contribution in [0.2, 0.25) is 10.0 Å². The third-order valence-corrected chi connectivity index (χ3v) is 8.59. The van der Waals surface area contributed by atoms with E-state index in [-0.39, 0.29) is 23.5 Å². The molecule has 4 rings (SSSR count). The molecule has 6 nitrogen and oxygen atoms in total. The summed E-state index contributed by atoms with van der Waals surface area (Å²) in [6.07, 6.45) is 0.446. The topological polar surface area (TPSA) is 83.9 Å². The van der Waals surface area contributed by atoms with Crippen LogP contribution in [0.15, 0.2) is 95.9 Å². The molecule has 0 amide bonds. The summed E-state index contributed by atoms with van der Waals surface area (Å²) in [5.41, 5.74) is 3.13. The number of ether oxygens (including phenoxy) is 1. The van der Waals surface area contributed by atoms with Gasteiger partial charge in [0.1, 0.15) is 12.4 Å². The van der Waals surface area contributed by atoms with Crippen LogP contribution in [0, 0.1) is 6.92 Å². The second-order valence-electron chi connectivity index (χ2n) is 9.06. The zero-order chi connectivity index (χ0) is 28.0. The molecule has 4 aromatic rings. The summed E-state index contributed by atoms with van der Waals surface area (Å²) in [5, 5.41) is 10.7. The fraction of sp³-hybridized carbons (Fsp3) is 0.167. The van der Waals surface area contributed by atoms with Crippen molar-refractivity contribution < 1.29 is 23.1 Å². The molecule has 0 unspecified atom stereocenters. The van der Waals surface area contributed by atoms with Gasteiger partial charge in [0.15, 0.2) is 0 Å². The fourth-order valence-electron chi connectivity index (χ4n) is 3.97. The molecular formula is C30H27Cl2NO5S. The number of carbonyl (C=O) groups is 1. The molecule has 0 radical (unpaired) electrons. The van der Waals surface area contributed by atoms with Crippen LogP contribution < -0.4 is 4.74 Å². The highest BCUT2D eigenvalue weighted by Gasteiger charge is 2.26. The lowest BCUT2D eigenvalue weighted by atomic mass is 10.1. The van der Waals surface area contributed by atoms with Gasteiger partial charge in [-0.2, -0.15) is 4.31 Å². The van der Waals surface area contributed by atoms with E-state index in [9.17, 15) is 18.3 Å². The zero-order valence-electron chi connectivity index (χ0n) is 21.2. The first-order valence-electron chi connectivity index (χ1n) is 12.2. The Balaban J connectivity index is 1.51. The van der Waals surface area contributed by atoms with E-state index in [1.807, 2.05) is 48.5 Å². The first-order chi connectivity index (χ1) is 18.6. The molecule has 0 saturated carbocycles. The standard InChI is InChI=1S/C30H27Cl2NO5S/c1-21-2-15-28(18-29(21)30(34)35)39(36,37)33(19-23-3-9-25(31)10-4-23)17-16-22-7-13-27(14-8-22)38-20-24-5-11-26(32)12-6-24/h2-15,18H,16-17,19-20H2,1H3,(H,34,35). The number of hydrogen-bond acceptors (Lipinski definition) is 4. The number of nitrogens with zero attached hydrogens (tertiary/aromatic N) is 1. The molecule has 0 bridgehead atoms. The third kappa shape index (κ3) is 7.61. The highest BCUT2D eigenvalue weighted by atomic mass is 35.5. The monoisotopic (exact) mass is 583 g/mol. The number of rotatable bonds is 11. The van der Waals surface area contributed by atoms with Crippen LogP contribution >= 0.6 is 23.2 Å². The van der Waals surface area contributed by atoms with Gasteiger partial charge in [0.25, 0.3) is 0 Å². The van der Waals surface area contributed by atoms with Crippen LogP contribution in [0.25, 0.3) is 0 Å². The summed E-state index contributed by atoms with van der Waals surface area (Å²) in [5.74, 6) is -0.479. The van der Waals surface area contributed by atoms with Crippen molar-refractivity contribution in [3.63, 3.8) is 0 Å². The minimum Gasteiger partial charge on any atom is -0.489 e. The Kier molecular flexibility index (Phi) is 9.30. The van der Waals surface area contributed by atoms with Crippen LogP contribution in [0.1, 0.15) is 32.6 Å². The Morgan fingerprint density at radius 3 is 1.97 bits per heavy atom. The highest BCUT2D eigenvalue weighted by molar-refractivity contribution is 7.89. The Labute approximate surface area is 238 Å². The molecule has 0 aromatic heterocycles. The first kappa shape index (κ1) is 28.6. The lowest BCUT2D eigenvalue weighted by Crippen LogP contribution is -2.32. The maximum Gasteiger partial charge on any atom is 0.335 e. The number of halogens is 2. The fourth-order valence-corrected chi connectivity index (χ4v) is 5.68. The van der Waals surface area contributed by atoms with Crippen LogP contribution in [-0.2, 0) is 29.6 Å². The van der Waals surface area contributed by atoms with Crippen molar-refractivity contribution >= 4 is 39.2 Å². The summed E-state index contributed by atoms with van der Waals surface area (Å²) in [4.78, 5) is 11.6. The van der Waals surface area contributed by atoms with Crippen LogP contribution in [0.5, 0.6) is 5.75 Å². The average Bonchev–Trinajstić information content (AvgIpc) is 2.92. The number of aryl methyl sites for hydroxylation is 1. The second-order valence-corrected chi connectivity index (χ2v) is 11.9. The maximum atomic E-state index is 13.7. The smallest absolute Gasteiger partial charge is 0.335 e. The van der Waals surface area contributed by atoms with Gasteiger partial charge in [-0.25, -0.2) is 13.2 Å². The third-order valence-electron chi connectivity index (χ3n) is 6.24. The summed E-state index contributed by atoms with van der Waals surface area (Å²) < 4.78 is 34.6. The lowest BCUT2D eigenvalue weighted by Gasteiger charge is -2.23. The number of benzene rings is 4. The van der Waals surface area contributed by atoms with Gasteiger partial charge in [-0.1, -0.05) is 65.7 Å². The van der Waals surface area contributed by atoms with Crippen molar-refractivity contribution in [2.45, 2.75) is 31.4 Å². The summed E-state index contributed by atoms with van der Waals surface area (Å²) in [6.45, 7) is 2.33. The molecule has 202 valence electrons. The summed E-state index contributed by atoms with van der Waals surface area (Å²) in [7, 11) is -4.00. The Morgan fingerprint density at radius 2 is 1.38 bits per heavy atom. The predicted octanol–water partition coefficient (Wildman–Crippen LogP) is 7.01. The van der Waals surface area contributed by atoms with Gasteiger partial charge in [-0.3, -0.25) is 0 Å². The quantitative estimate of drug-likeness (QED) is 0.205. The van der Waals surface area contributed by atoms with E-state index in [0.29, 0.717) is 34.4 Å². The first-order valence-corrected chi connectivity index (χ1v) is 14.4. The minimum atomic E-state index is -4.00. The van der Waals surface area contributed by atoms with Crippen molar-refractivity contribution in [2.24, 2.45) is 0 Å². The van der Waals surface area contributed by atoms with E-state index in [1.54, 1.807) is 31.2 Å². The van der Waals surface area contributed by atoms with E-state index < -0.39 is 16.0 Å². The van der Waals surface area contributed by atoms with Crippen molar-refractivity contribution in [3.05, 3.63) is 129 Å². The summed E-state index contributed by atoms with van der Waals surface area (Å²) in [6, 6.07) is 26.1. The van der Waals surface area contributed by atoms with Crippen LogP contribution in [-0.4, -0.2) is 30.3 Å². The van der Waals surface area contributed by atoms with Crippen molar-refractivity contribution in [2.75, 3.05) is 6.54 Å². The van der Waals surface area contributed by atoms with E-state index in [1.165, 1.54) is 22.5 Å². The SMILES string of the molecule is Cc1ccc(S(=O)(=O)N(CCc2ccc(OCc3ccc(Cl)cc3)cc2)Cc2ccc(Cl)cc2)cc1C(=O)O. The Hall–Kier alpha value is -3.36. The van der Waals surface area contributed by atoms with E-state index in [0.717, 1.165) is 16.7 Å². The molecular weight excluding hydrogens is 557 g/mol. The minimum absolute atomic E-state index is 0.0447. The molecule has 0 spiro atoms. The summed E-state index contributed by atoms with van der Waals surface area (Å²) >= 11 is 11.9. The predicted molar refractivity (Wildman–Crippen MR) is 153 cm³/mol. The number of hydrogen-bond donors (Lipinski definition) is 1. The lowest BCUT2D eigenvalue weighted by molar-refractivity contribution is 0.0696. The van der Waals surface area contributed by atoms with Crippen LogP contribution in [0.4, 0.5) is 0 Å². The molecule has 4 aromatic carbocycles. The van der Waals surface area contributed by atoms with Gasteiger partial charge in [0.05, 0.1) is 10.5 Å². The molecule has 0 heterocycles. The molecule has 0 aliphatic rings. The van der Waals surface area contributed by atoms with Crippen molar-refractivity contribution in [1.82, 2.24) is 4.31 Å². The van der Waals surface area contributed by atoms with Gasteiger partial charge in [-0.15, -0.1) is 0 Å². The van der Waals surface area contributed by atoms with E-state index in [2.05, 4.69) is 0 Å². The number of carboxylic acids is 1. The van der Waals surface area contributed by atoms with Crippen molar-refractivity contribution in [3.8, 4) is 5.75 Å². The van der Waals surface area contributed by atoms with Gasteiger partial charge >= 0.3 is 5.97 Å². The highest BCUT2D eigenvalue weighted by Crippen LogP contribution is 2.23. The van der Waals surface area contributed by atoms with Gasteiger partial charge < -0.3 is 9.84 Å². The van der Waals surface area contributed by atoms with Crippen molar-refractivity contribution in [1.29, 1.82) is 0 Å². The van der Waals surface area contributed by atoms with Gasteiger partial charge in [0, 0.05) is 23.1 Å². The molecule has 9 heteroatoms. The molecule has 1 N–H and O–H groups in total. The van der Waals surface area contributed by atoms with Gasteiger partial charge in [0.2, 0.25) is 10.0 Å². The van der Waals surface area contributed by atoms with Gasteiger partial charge in [-0.05, 0) is 84.1 Å². The molecule has 0 aliphatic carbocycles. The molecule has 0 aliphatic heterocycles. The second kappa shape index (κ2) is 12.7. The average molecular weight is 585 g/mol. The Bertz CT molecular complexity index is 1540. The Morgan fingerprint density at radius 1 is 0.821 bits per heavy atom. The maximum absolute atomic E-state index is 13.7. The number of sulfonamides is 1. The largest absolute Gasteiger partial charge is 0.489 e. The molecule has 0 fully saturated rings. The zero-order valence-corrected chi connectivity index (χ0v) is 23.5. The normalized spacial score (nSPS) is 11.5. The van der Waals surface area contributed by atoms with E-state index >= 15 is 0 Å². The van der Waals surface area contributed by atoms with E-state index in [4.69, 9.17) is 27.9 Å². The molecule has 0 atom stereocenters. The molecule has 0 saturated heterocycles. The number of carboxylic acid groups (broad SMARTS) is 1. The number of aromatic carboxylic acids is 1. The van der Waals surface area contributed by atoms with Crippen LogP contribution in [0.3, 0.4) is 0 Å². The molecule has 39 heavy (non-hydrogen) atoms.